The second-order valence-electron chi connectivity index (χ2n) is 6.91. The second-order valence-corrected chi connectivity index (χ2v) is 8.12. The van der Waals surface area contributed by atoms with Gasteiger partial charge in [0.1, 0.15) is 0 Å². The summed E-state index contributed by atoms with van der Waals surface area (Å²) in [7, 11) is 0. The van der Waals surface area contributed by atoms with E-state index in [1.165, 1.54) is 0 Å². The molecule has 144 valence electrons. The number of amides is 1. The molecule has 0 bridgehead atoms. The molecule has 0 saturated carbocycles. The molecular formula is C21H20ClN3O2S. The van der Waals surface area contributed by atoms with Crippen LogP contribution in [0.5, 0.6) is 0 Å². The van der Waals surface area contributed by atoms with Crippen LogP contribution in [-0.4, -0.2) is 34.0 Å². The van der Waals surface area contributed by atoms with E-state index in [1.807, 2.05) is 52.1 Å². The first-order valence-corrected chi connectivity index (χ1v) is 10.6. The lowest BCUT2D eigenvalue weighted by molar-refractivity contribution is -0.127. The van der Waals surface area contributed by atoms with E-state index in [-0.39, 0.29) is 5.91 Å². The average molecular weight is 414 g/mol. The van der Waals surface area contributed by atoms with Gasteiger partial charge in [-0.05, 0) is 54.0 Å². The van der Waals surface area contributed by atoms with Crippen LogP contribution in [0.1, 0.15) is 24.3 Å². The molecule has 3 aromatic rings. The monoisotopic (exact) mass is 413 g/mol. The van der Waals surface area contributed by atoms with Gasteiger partial charge in [-0.25, -0.2) is 0 Å². The summed E-state index contributed by atoms with van der Waals surface area (Å²) in [6, 6.07) is 9.40. The maximum absolute atomic E-state index is 12.6. The van der Waals surface area contributed by atoms with Gasteiger partial charge >= 0.3 is 0 Å². The molecule has 2 aromatic heterocycles. The predicted octanol–water partition coefficient (Wildman–Crippen LogP) is 4.95. The zero-order valence-corrected chi connectivity index (χ0v) is 16.8. The molecule has 1 unspecified atom stereocenters. The third-order valence-electron chi connectivity index (χ3n) is 4.83. The average Bonchev–Trinajstić information content (AvgIpc) is 3.39. The van der Waals surface area contributed by atoms with Crippen LogP contribution < -0.4 is 0 Å². The Morgan fingerprint density at radius 3 is 2.96 bits per heavy atom. The molecule has 28 heavy (non-hydrogen) atoms. The summed E-state index contributed by atoms with van der Waals surface area (Å²) >= 11 is 7.50. The van der Waals surface area contributed by atoms with Gasteiger partial charge in [0.15, 0.2) is 0 Å². The van der Waals surface area contributed by atoms with Crippen LogP contribution in [0.15, 0.2) is 51.7 Å². The van der Waals surface area contributed by atoms with Gasteiger partial charge in [-0.1, -0.05) is 28.9 Å². The van der Waals surface area contributed by atoms with Crippen molar-refractivity contribution in [1.82, 2.24) is 15.0 Å². The minimum absolute atomic E-state index is 0.0316. The number of halogens is 1. The van der Waals surface area contributed by atoms with Crippen LogP contribution in [0.2, 0.25) is 5.02 Å². The summed E-state index contributed by atoms with van der Waals surface area (Å²) < 4.78 is 5.42. The minimum atomic E-state index is 0.0316. The summed E-state index contributed by atoms with van der Waals surface area (Å²) in [5, 5.41) is 8.75. The van der Waals surface area contributed by atoms with E-state index >= 15 is 0 Å². The number of nitrogens with zero attached hydrogens (tertiary/aromatic N) is 3. The van der Waals surface area contributed by atoms with Crippen molar-refractivity contribution in [1.29, 1.82) is 0 Å². The largest absolute Gasteiger partial charge is 0.339 e. The van der Waals surface area contributed by atoms with E-state index in [9.17, 15) is 4.79 Å². The van der Waals surface area contributed by atoms with Gasteiger partial charge < -0.3 is 9.42 Å². The summed E-state index contributed by atoms with van der Waals surface area (Å²) in [5.74, 6) is 1.63. The van der Waals surface area contributed by atoms with E-state index < -0.39 is 0 Å². The Labute approximate surface area is 172 Å². The second kappa shape index (κ2) is 8.71. The lowest BCUT2D eigenvalue weighted by Gasteiger charge is -2.31. The number of benzene rings is 1. The Bertz CT molecular complexity index is 950. The minimum Gasteiger partial charge on any atom is -0.339 e. The number of carbonyl (C=O) groups is 1. The lowest BCUT2D eigenvalue weighted by Crippen LogP contribution is -2.39. The smallest absolute Gasteiger partial charge is 0.246 e. The molecule has 0 radical (unpaired) electrons. The Hall–Kier alpha value is -2.44. The van der Waals surface area contributed by atoms with Crippen LogP contribution >= 0.6 is 22.9 Å². The zero-order chi connectivity index (χ0) is 19.3. The fraction of sp³-hybridized carbons (Fsp3) is 0.286. The molecule has 0 spiro atoms. The van der Waals surface area contributed by atoms with Crippen molar-refractivity contribution in [2.24, 2.45) is 5.92 Å². The molecule has 1 atom stereocenters. The summed E-state index contributed by atoms with van der Waals surface area (Å²) in [5.41, 5.74) is 1.94. The van der Waals surface area contributed by atoms with Crippen LogP contribution in [-0.2, 0) is 11.2 Å². The van der Waals surface area contributed by atoms with Gasteiger partial charge in [-0.3, -0.25) is 4.79 Å². The predicted molar refractivity (Wildman–Crippen MR) is 111 cm³/mol. The molecule has 3 heterocycles. The maximum atomic E-state index is 12.6. The maximum Gasteiger partial charge on any atom is 0.246 e. The Balaban J connectivity index is 1.35. The number of likely N-dealkylation sites (tertiary alicyclic amines) is 1. The molecule has 1 aromatic carbocycles. The molecule has 0 aliphatic carbocycles. The highest BCUT2D eigenvalue weighted by Gasteiger charge is 2.24. The van der Waals surface area contributed by atoms with Gasteiger partial charge in [0, 0.05) is 41.6 Å². The van der Waals surface area contributed by atoms with Crippen molar-refractivity contribution in [2.45, 2.75) is 19.3 Å². The molecule has 1 fully saturated rings. The molecule has 1 saturated heterocycles. The number of carbonyl (C=O) groups excluding carboxylic acids is 1. The topological polar surface area (TPSA) is 59.2 Å². The number of piperidine rings is 1. The molecular weight excluding hydrogens is 394 g/mol. The Morgan fingerprint density at radius 2 is 2.18 bits per heavy atom. The van der Waals surface area contributed by atoms with E-state index in [2.05, 4.69) is 10.1 Å². The van der Waals surface area contributed by atoms with Gasteiger partial charge in [0.05, 0.1) is 0 Å². The van der Waals surface area contributed by atoms with Crippen molar-refractivity contribution in [3.63, 3.8) is 0 Å². The number of hydrogen-bond donors (Lipinski definition) is 0. The molecule has 5 nitrogen and oxygen atoms in total. The highest BCUT2D eigenvalue weighted by Crippen LogP contribution is 2.23. The lowest BCUT2D eigenvalue weighted by atomic mass is 9.94. The number of thiophene rings is 1. The summed E-state index contributed by atoms with van der Waals surface area (Å²) in [4.78, 5) is 19.0. The summed E-state index contributed by atoms with van der Waals surface area (Å²) in [6.07, 6.45) is 6.19. The molecule has 1 aliphatic heterocycles. The zero-order valence-electron chi connectivity index (χ0n) is 15.3. The van der Waals surface area contributed by atoms with Gasteiger partial charge in [-0.2, -0.15) is 16.3 Å². The van der Waals surface area contributed by atoms with Crippen LogP contribution in [0.4, 0.5) is 0 Å². The molecule has 1 amide bonds. The van der Waals surface area contributed by atoms with Crippen LogP contribution in [0.3, 0.4) is 0 Å². The quantitative estimate of drug-likeness (QED) is 0.555. The molecule has 0 N–H and O–H groups in total. The Kier molecular flexibility index (Phi) is 5.88. The van der Waals surface area contributed by atoms with Crippen LogP contribution in [0, 0.1) is 5.92 Å². The van der Waals surface area contributed by atoms with Crippen molar-refractivity contribution < 1.29 is 9.32 Å². The van der Waals surface area contributed by atoms with E-state index in [0.717, 1.165) is 30.5 Å². The first-order valence-electron chi connectivity index (χ1n) is 9.25. The normalized spacial score (nSPS) is 17.3. The van der Waals surface area contributed by atoms with Crippen molar-refractivity contribution in [3.8, 4) is 11.4 Å². The summed E-state index contributed by atoms with van der Waals surface area (Å²) in [6.45, 7) is 1.49. The standard InChI is InChI=1S/C21H20ClN3O2S/c22-18-6-3-15(4-7-18)5-8-20(26)25-10-1-2-16(13-25)12-19-23-21(24-27-19)17-9-11-28-14-17/h3-9,11,14,16H,1-2,10,12-13H2/b8-5-. The van der Waals surface area contributed by atoms with Crippen molar-refractivity contribution in [2.75, 3.05) is 13.1 Å². The highest BCUT2D eigenvalue weighted by molar-refractivity contribution is 7.08. The first kappa shape index (κ1) is 18.9. The third-order valence-corrected chi connectivity index (χ3v) is 5.76. The SMILES string of the molecule is O=C(/C=C\c1ccc(Cl)cc1)N1CCCC(Cc2nc(-c3ccsc3)no2)C1. The van der Waals surface area contributed by atoms with Crippen molar-refractivity contribution in [3.05, 3.63) is 63.6 Å². The molecule has 7 heteroatoms. The number of aromatic nitrogens is 2. The molecule has 4 rings (SSSR count). The van der Waals surface area contributed by atoms with Crippen molar-refractivity contribution >= 4 is 34.9 Å². The fourth-order valence-electron chi connectivity index (χ4n) is 3.37. The van der Waals surface area contributed by atoms with Crippen LogP contribution in [0.25, 0.3) is 17.5 Å². The number of rotatable bonds is 5. The van der Waals surface area contributed by atoms with E-state index in [0.29, 0.717) is 35.6 Å². The van der Waals surface area contributed by atoms with Gasteiger partial charge in [0.2, 0.25) is 17.6 Å². The Morgan fingerprint density at radius 1 is 1.32 bits per heavy atom. The third kappa shape index (κ3) is 4.69. The number of hydrogen-bond acceptors (Lipinski definition) is 5. The first-order chi connectivity index (χ1) is 13.7. The van der Waals surface area contributed by atoms with E-state index in [4.69, 9.17) is 16.1 Å². The van der Waals surface area contributed by atoms with Gasteiger partial charge in [0.25, 0.3) is 0 Å². The van der Waals surface area contributed by atoms with Gasteiger partial charge in [-0.15, -0.1) is 0 Å². The molecule has 1 aliphatic rings. The highest BCUT2D eigenvalue weighted by atomic mass is 35.5. The van der Waals surface area contributed by atoms with E-state index in [1.54, 1.807) is 17.4 Å². The fourth-order valence-corrected chi connectivity index (χ4v) is 4.13.